The van der Waals surface area contributed by atoms with Crippen molar-refractivity contribution in [2.45, 2.75) is 13.1 Å². The summed E-state index contributed by atoms with van der Waals surface area (Å²) in [5, 5.41) is 1.99. The Kier molecular flexibility index (Phi) is 5.68. The zero-order valence-corrected chi connectivity index (χ0v) is 16.5. The van der Waals surface area contributed by atoms with Crippen molar-refractivity contribution in [2.24, 2.45) is 0 Å². The Morgan fingerprint density at radius 1 is 0.759 bits per heavy atom. The highest BCUT2D eigenvalue weighted by molar-refractivity contribution is 7.09. The van der Waals surface area contributed by atoms with Crippen molar-refractivity contribution in [1.82, 2.24) is 4.90 Å². The Bertz CT molecular complexity index is 1030. The number of thiophene rings is 1. The highest BCUT2D eigenvalue weighted by Gasteiger charge is 2.19. The molecule has 0 atom stereocenters. The van der Waals surface area contributed by atoms with E-state index in [4.69, 9.17) is 4.42 Å². The van der Waals surface area contributed by atoms with Crippen molar-refractivity contribution in [2.75, 3.05) is 0 Å². The first-order valence-electron chi connectivity index (χ1n) is 9.24. The van der Waals surface area contributed by atoms with Gasteiger partial charge in [-0.15, -0.1) is 11.3 Å². The lowest BCUT2D eigenvalue weighted by molar-refractivity contribution is 0.0719. The van der Waals surface area contributed by atoms with Crippen molar-refractivity contribution in [3.8, 4) is 0 Å². The van der Waals surface area contributed by atoms with Crippen LogP contribution in [0.25, 0.3) is 0 Å². The lowest BCUT2D eigenvalue weighted by atomic mass is 10.0. The quantitative estimate of drug-likeness (QED) is 0.389. The normalized spacial score (nSPS) is 10.6. The maximum absolute atomic E-state index is 13.2. The predicted octanol–water partition coefficient (Wildman–Crippen LogP) is 5.41. The molecule has 144 valence electrons. The van der Waals surface area contributed by atoms with Gasteiger partial charge in [-0.3, -0.25) is 9.59 Å². The van der Waals surface area contributed by atoms with Crippen LogP contribution >= 0.6 is 11.3 Å². The molecule has 29 heavy (non-hydrogen) atoms. The SMILES string of the molecule is O=C(c1ccccc1)c1ccc(C(=O)N(Cc2ccco2)Cc2cccs2)cc1. The average molecular weight is 401 g/mol. The van der Waals surface area contributed by atoms with Gasteiger partial charge in [0.15, 0.2) is 5.78 Å². The van der Waals surface area contributed by atoms with E-state index >= 15 is 0 Å². The molecule has 2 heterocycles. The van der Waals surface area contributed by atoms with Crippen LogP contribution in [0, 0.1) is 0 Å². The Morgan fingerprint density at radius 3 is 2.14 bits per heavy atom. The van der Waals surface area contributed by atoms with Gasteiger partial charge in [-0.2, -0.15) is 0 Å². The molecule has 0 aliphatic rings. The van der Waals surface area contributed by atoms with Gasteiger partial charge in [0.2, 0.25) is 0 Å². The first kappa shape index (κ1) is 18.9. The number of hydrogen-bond acceptors (Lipinski definition) is 4. The van der Waals surface area contributed by atoms with Crippen LogP contribution in [0.15, 0.2) is 94.9 Å². The molecule has 0 N–H and O–H groups in total. The molecule has 0 unspecified atom stereocenters. The second kappa shape index (κ2) is 8.71. The Labute approximate surface area is 173 Å². The maximum atomic E-state index is 13.2. The van der Waals surface area contributed by atoms with Crippen molar-refractivity contribution in [3.63, 3.8) is 0 Å². The van der Waals surface area contributed by atoms with Gasteiger partial charge in [0.05, 0.1) is 19.4 Å². The standard InChI is InChI=1S/C24H19NO3S/c26-23(18-6-2-1-3-7-18)19-10-12-20(13-11-19)24(27)25(16-21-8-4-14-28-21)17-22-9-5-15-29-22/h1-15H,16-17H2. The Balaban J connectivity index is 1.54. The molecule has 0 saturated heterocycles. The summed E-state index contributed by atoms with van der Waals surface area (Å²) in [6, 6.07) is 23.6. The zero-order valence-electron chi connectivity index (χ0n) is 15.7. The number of benzene rings is 2. The second-order valence-corrected chi connectivity index (χ2v) is 7.62. The lowest BCUT2D eigenvalue weighted by Gasteiger charge is -2.21. The fraction of sp³-hybridized carbons (Fsp3) is 0.0833. The number of furan rings is 1. The summed E-state index contributed by atoms with van der Waals surface area (Å²) in [4.78, 5) is 28.6. The minimum Gasteiger partial charge on any atom is -0.467 e. The molecule has 0 fully saturated rings. The number of carbonyl (C=O) groups is 2. The number of amides is 1. The largest absolute Gasteiger partial charge is 0.467 e. The van der Waals surface area contributed by atoms with E-state index in [9.17, 15) is 9.59 Å². The minimum absolute atomic E-state index is 0.0596. The number of ketones is 1. The van der Waals surface area contributed by atoms with Crippen LogP contribution in [0.2, 0.25) is 0 Å². The van der Waals surface area contributed by atoms with E-state index in [1.54, 1.807) is 58.9 Å². The average Bonchev–Trinajstić information content (AvgIpc) is 3.47. The summed E-state index contributed by atoms with van der Waals surface area (Å²) in [6.45, 7) is 0.885. The van der Waals surface area contributed by atoms with Crippen molar-refractivity contribution < 1.29 is 14.0 Å². The van der Waals surface area contributed by atoms with Crippen LogP contribution < -0.4 is 0 Å². The molecule has 0 spiro atoms. The van der Waals surface area contributed by atoms with Gasteiger partial charge in [0, 0.05) is 21.6 Å². The molecule has 0 aliphatic carbocycles. The van der Waals surface area contributed by atoms with E-state index in [1.165, 1.54) is 0 Å². The Morgan fingerprint density at radius 2 is 1.48 bits per heavy atom. The molecular formula is C24H19NO3S. The second-order valence-electron chi connectivity index (χ2n) is 6.59. The van der Waals surface area contributed by atoms with Crippen LogP contribution in [0.1, 0.15) is 36.9 Å². The first-order chi connectivity index (χ1) is 14.2. The third-order valence-corrected chi connectivity index (χ3v) is 5.43. The van der Waals surface area contributed by atoms with Gasteiger partial charge in [-0.1, -0.05) is 48.5 Å². The summed E-state index contributed by atoms with van der Waals surface area (Å²) in [7, 11) is 0. The molecule has 0 saturated carbocycles. The van der Waals surface area contributed by atoms with Gasteiger partial charge in [0.1, 0.15) is 5.76 Å². The molecule has 0 aliphatic heterocycles. The lowest BCUT2D eigenvalue weighted by Crippen LogP contribution is -2.29. The van der Waals surface area contributed by atoms with E-state index < -0.39 is 0 Å². The first-order valence-corrected chi connectivity index (χ1v) is 10.1. The summed E-state index contributed by atoms with van der Waals surface area (Å²) in [6.07, 6.45) is 1.60. The molecule has 0 bridgehead atoms. The summed E-state index contributed by atoms with van der Waals surface area (Å²) in [5.74, 6) is 0.565. The van der Waals surface area contributed by atoms with Crippen molar-refractivity contribution in [3.05, 3.63) is 118 Å². The molecule has 0 radical (unpaired) electrons. The number of nitrogens with zero attached hydrogens (tertiary/aromatic N) is 1. The van der Waals surface area contributed by atoms with Gasteiger partial charge in [-0.25, -0.2) is 0 Å². The highest BCUT2D eigenvalue weighted by atomic mass is 32.1. The maximum Gasteiger partial charge on any atom is 0.254 e. The van der Waals surface area contributed by atoms with E-state index in [-0.39, 0.29) is 11.7 Å². The smallest absolute Gasteiger partial charge is 0.254 e. The van der Waals surface area contributed by atoms with Crippen LogP contribution in [0.5, 0.6) is 0 Å². The summed E-state index contributed by atoms with van der Waals surface area (Å²) < 4.78 is 5.43. The molecule has 1 amide bonds. The number of carbonyl (C=O) groups excluding carboxylic acids is 2. The van der Waals surface area contributed by atoms with Gasteiger partial charge in [0.25, 0.3) is 5.91 Å². The monoisotopic (exact) mass is 401 g/mol. The molecule has 4 aromatic rings. The third kappa shape index (κ3) is 4.52. The summed E-state index contributed by atoms with van der Waals surface area (Å²) >= 11 is 1.61. The van der Waals surface area contributed by atoms with Gasteiger partial charge in [-0.05, 0) is 35.7 Å². The third-order valence-electron chi connectivity index (χ3n) is 4.57. The van der Waals surface area contributed by atoms with E-state index in [1.807, 2.05) is 47.8 Å². The number of rotatable bonds is 7. The molecule has 5 heteroatoms. The zero-order chi connectivity index (χ0) is 20.1. The molecule has 4 rings (SSSR count). The highest BCUT2D eigenvalue weighted by Crippen LogP contribution is 2.19. The molecular weight excluding hydrogens is 382 g/mol. The van der Waals surface area contributed by atoms with E-state index in [2.05, 4.69) is 0 Å². The van der Waals surface area contributed by atoms with Gasteiger partial charge < -0.3 is 9.32 Å². The van der Waals surface area contributed by atoms with Gasteiger partial charge >= 0.3 is 0 Å². The van der Waals surface area contributed by atoms with Crippen LogP contribution in [0.4, 0.5) is 0 Å². The summed E-state index contributed by atoms with van der Waals surface area (Å²) in [5.41, 5.74) is 1.73. The van der Waals surface area contributed by atoms with Crippen LogP contribution in [0.3, 0.4) is 0 Å². The van der Waals surface area contributed by atoms with Crippen molar-refractivity contribution >= 4 is 23.0 Å². The minimum atomic E-state index is -0.103. The molecule has 4 nitrogen and oxygen atoms in total. The van der Waals surface area contributed by atoms with E-state index in [0.29, 0.717) is 29.8 Å². The Hall–Kier alpha value is -3.44. The fourth-order valence-electron chi connectivity index (χ4n) is 3.08. The van der Waals surface area contributed by atoms with Crippen molar-refractivity contribution in [1.29, 1.82) is 0 Å². The topological polar surface area (TPSA) is 50.5 Å². The molecule has 2 aromatic heterocycles. The van der Waals surface area contributed by atoms with Crippen LogP contribution in [-0.4, -0.2) is 16.6 Å². The molecule has 2 aromatic carbocycles. The predicted molar refractivity (Wildman–Crippen MR) is 113 cm³/mol. The fourth-order valence-corrected chi connectivity index (χ4v) is 3.80. The van der Waals surface area contributed by atoms with Crippen LogP contribution in [-0.2, 0) is 13.1 Å². The number of hydrogen-bond donors (Lipinski definition) is 0. The van der Waals surface area contributed by atoms with E-state index in [0.717, 1.165) is 10.6 Å².